The van der Waals surface area contributed by atoms with Gasteiger partial charge < -0.3 is 14.8 Å². The average molecular weight is 396 g/mol. The summed E-state index contributed by atoms with van der Waals surface area (Å²) >= 11 is 5.87. The standard InChI is InChI=1S/C22H18ClNO4/c23-18-9-5-10-19(13-18)27-15-21(25)28-20-11-4-8-17(12-20)22(26)24-14-16-6-2-1-3-7-16/h1-13H,14-15H2,(H,24,26). The molecule has 6 heteroatoms. The molecule has 0 aromatic heterocycles. The number of carbonyl (C=O) groups excluding carboxylic acids is 2. The van der Waals surface area contributed by atoms with E-state index in [1.165, 1.54) is 6.07 Å². The zero-order valence-corrected chi connectivity index (χ0v) is 15.7. The van der Waals surface area contributed by atoms with Crippen molar-refractivity contribution in [3.63, 3.8) is 0 Å². The molecule has 0 bridgehead atoms. The summed E-state index contributed by atoms with van der Waals surface area (Å²) in [6.07, 6.45) is 0. The van der Waals surface area contributed by atoms with Crippen LogP contribution in [0.4, 0.5) is 0 Å². The first kappa shape index (κ1) is 19.5. The van der Waals surface area contributed by atoms with Crippen molar-refractivity contribution in [3.8, 4) is 11.5 Å². The van der Waals surface area contributed by atoms with Crippen LogP contribution < -0.4 is 14.8 Å². The third kappa shape index (κ3) is 5.86. The topological polar surface area (TPSA) is 64.6 Å². The Bertz CT molecular complexity index is 960. The lowest BCUT2D eigenvalue weighted by Gasteiger charge is -2.09. The molecule has 1 N–H and O–H groups in total. The summed E-state index contributed by atoms with van der Waals surface area (Å²) in [5.74, 6) is -0.0932. The summed E-state index contributed by atoms with van der Waals surface area (Å²) in [4.78, 5) is 24.3. The van der Waals surface area contributed by atoms with Gasteiger partial charge in [0.15, 0.2) is 6.61 Å². The fourth-order valence-corrected chi connectivity index (χ4v) is 2.62. The zero-order chi connectivity index (χ0) is 19.8. The Morgan fingerprint density at radius 1 is 0.857 bits per heavy atom. The van der Waals surface area contributed by atoms with Crippen LogP contribution in [-0.2, 0) is 11.3 Å². The van der Waals surface area contributed by atoms with E-state index >= 15 is 0 Å². The highest BCUT2D eigenvalue weighted by Gasteiger charge is 2.10. The molecule has 0 spiro atoms. The molecule has 0 aliphatic carbocycles. The van der Waals surface area contributed by atoms with Crippen LogP contribution in [0.3, 0.4) is 0 Å². The zero-order valence-electron chi connectivity index (χ0n) is 14.9. The minimum atomic E-state index is -0.582. The molecule has 28 heavy (non-hydrogen) atoms. The Labute approximate surface area is 167 Å². The molecule has 3 rings (SSSR count). The average Bonchev–Trinajstić information content (AvgIpc) is 2.71. The summed E-state index contributed by atoms with van der Waals surface area (Å²) in [5.41, 5.74) is 1.40. The molecular formula is C22H18ClNO4. The van der Waals surface area contributed by atoms with Crippen LogP contribution in [0.1, 0.15) is 15.9 Å². The Morgan fingerprint density at radius 3 is 2.39 bits per heavy atom. The number of benzene rings is 3. The highest BCUT2D eigenvalue weighted by atomic mass is 35.5. The summed E-state index contributed by atoms with van der Waals surface area (Å²) in [6, 6.07) is 22.7. The van der Waals surface area contributed by atoms with E-state index in [0.717, 1.165) is 5.56 Å². The van der Waals surface area contributed by atoms with E-state index in [2.05, 4.69) is 5.32 Å². The lowest BCUT2D eigenvalue weighted by Crippen LogP contribution is -2.23. The Balaban J connectivity index is 1.53. The number of nitrogens with one attached hydrogen (secondary N) is 1. The van der Waals surface area contributed by atoms with Gasteiger partial charge in [-0.1, -0.05) is 54.1 Å². The first-order valence-electron chi connectivity index (χ1n) is 8.61. The van der Waals surface area contributed by atoms with Crippen molar-refractivity contribution in [1.29, 1.82) is 0 Å². The number of hydrogen-bond acceptors (Lipinski definition) is 4. The van der Waals surface area contributed by atoms with E-state index in [1.807, 2.05) is 30.3 Å². The monoisotopic (exact) mass is 395 g/mol. The van der Waals surface area contributed by atoms with Gasteiger partial charge in [-0.25, -0.2) is 4.79 Å². The molecule has 0 saturated heterocycles. The van der Waals surface area contributed by atoms with Gasteiger partial charge in [0, 0.05) is 17.1 Å². The van der Waals surface area contributed by atoms with E-state index < -0.39 is 5.97 Å². The van der Waals surface area contributed by atoms with Crippen LogP contribution in [0.25, 0.3) is 0 Å². The minimum Gasteiger partial charge on any atom is -0.482 e. The number of ether oxygens (including phenoxy) is 2. The molecule has 0 unspecified atom stereocenters. The van der Waals surface area contributed by atoms with Crippen LogP contribution in [0, 0.1) is 0 Å². The summed E-state index contributed by atoms with van der Waals surface area (Å²) in [5, 5.41) is 3.35. The molecule has 0 atom stereocenters. The predicted molar refractivity (Wildman–Crippen MR) is 107 cm³/mol. The number of rotatable bonds is 7. The minimum absolute atomic E-state index is 0.253. The van der Waals surface area contributed by atoms with Crippen LogP contribution in [0.5, 0.6) is 11.5 Å². The molecule has 0 saturated carbocycles. The molecule has 0 radical (unpaired) electrons. The maximum Gasteiger partial charge on any atom is 0.349 e. The second-order valence-corrected chi connectivity index (χ2v) is 6.35. The third-order valence-electron chi connectivity index (χ3n) is 3.78. The van der Waals surface area contributed by atoms with Gasteiger partial charge >= 0.3 is 5.97 Å². The van der Waals surface area contributed by atoms with E-state index in [1.54, 1.807) is 42.5 Å². The second kappa shape index (κ2) is 9.58. The summed E-state index contributed by atoms with van der Waals surface area (Å²) < 4.78 is 10.6. The van der Waals surface area contributed by atoms with Gasteiger partial charge in [0.1, 0.15) is 11.5 Å². The van der Waals surface area contributed by atoms with Crippen molar-refractivity contribution in [3.05, 3.63) is 95.0 Å². The molecular weight excluding hydrogens is 378 g/mol. The normalized spacial score (nSPS) is 10.2. The van der Waals surface area contributed by atoms with Gasteiger partial charge in [0.25, 0.3) is 5.91 Å². The Morgan fingerprint density at radius 2 is 1.61 bits per heavy atom. The van der Waals surface area contributed by atoms with Gasteiger partial charge in [-0.2, -0.15) is 0 Å². The lowest BCUT2D eigenvalue weighted by molar-refractivity contribution is -0.136. The lowest BCUT2D eigenvalue weighted by atomic mass is 10.2. The number of halogens is 1. The predicted octanol–water partition coefficient (Wildman–Crippen LogP) is 4.25. The van der Waals surface area contributed by atoms with Crippen LogP contribution >= 0.6 is 11.6 Å². The first-order valence-corrected chi connectivity index (χ1v) is 8.99. The van der Waals surface area contributed by atoms with Crippen LogP contribution in [0.15, 0.2) is 78.9 Å². The molecule has 0 aliphatic heterocycles. The van der Waals surface area contributed by atoms with Gasteiger partial charge in [0.05, 0.1) is 0 Å². The third-order valence-corrected chi connectivity index (χ3v) is 4.01. The van der Waals surface area contributed by atoms with E-state index in [4.69, 9.17) is 21.1 Å². The highest BCUT2D eigenvalue weighted by molar-refractivity contribution is 6.30. The van der Waals surface area contributed by atoms with Crippen molar-refractivity contribution < 1.29 is 19.1 Å². The van der Waals surface area contributed by atoms with Gasteiger partial charge in [-0.3, -0.25) is 4.79 Å². The summed E-state index contributed by atoms with van der Waals surface area (Å²) in [7, 11) is 0. The highest BCUT2D eigenvalue weighted by Crippen LogP contribution is 2.18. The molecule has 142 valence electrons. The molecule has 0 aliphatic rings. The molecule has 1 amide bonds. The van der Waals surface area contributed by atoms with Crippen LogP contribution in [-0.4, -0.2) is 18.5 Å². The maximum absolute atomic E-state index is 12.3. The number of esters is 1. The van der Waals surface area contributed by atoms with Gasteiger partial charge in [-0.05, 0) is 42.0 Å². The fraction of sp³-hybridized carbons (Fsp3) is 0.0909. The molecule has 3 aromatic carbocycles. The van der Waals surface area contributed by atoms with Crippen molar-refractivity contribution in [2.45, 2.75) is 6.54 Å². The molecule has 5 nitrogen and oxygen atoms in total. The number of hydrogen-bond donors (Lipinski definition) is 1. The van der Waals surface area contributed by atoms with Crippen molar-refractivity contribution in [2.24, 2.45) is 0 Å². The molecule has 0 heterocycles. The van der Waals surface area contributed by atoms with Crippen molar-refractivity contribution in [1.82, 2.24) is 5.32 Å². The van der Waals surface area contributed by atoms with Gasteiger partial charge in [-0.15, -0.1) is 0 Å². The van der Waals surface area contributed by atoms with E-state index in [-0.39, 0.29) is 18.3 Å². The largest absolute Gasteiger partial charge is 0.482 e. The van der Waals surface area contributed by atoms with Crippen LogP contribution in [0.2, 0.25) is 5.02 Å². The molecule has 0 fully saturated rings. The van der Waals surface area contributed by atoms with Crippen molar-refractivity contribution >= 4 is 23.5 Å². The summed E-state index contributed by atoms with van der Waals surface area (Å²) in [6.45, 7) is 0.141. The van der Waals surface area contributed by atoms with Crippen molar-refractivity contribution in [2.75, 3.05) is 6.61 Å². The van der Waals surface area contributed by atoms with E-state index in [9.17, 15) is 9.59 Å². The first-order chi connectivity index (χ1) is 13.6. The Hall–Kier alpha value is -3.31. The maximum atomic E-state index is 12.3. The fourth-order valence-electron chi connectivity index (χ4n) is 2.44. The number of amides is 1. The Kier molecular flexibility index (Phi) is 6.65. The number of carbonyl (C=O) groups is 2. The van der Waals surface area contributed by atoms with E-state index in [0.29, 0.717) is 22.9 Å². The van der Waals surface area contributed by atoms with Gasteiger partial charge in [0.2, 0.25) is 0 Å². The smallest absolute Gasteiger partial charge is 0.349 e. The SMILES string of the molecule is O=C(COc1cccc(Cl)c1)Oc1cccc(C(=O)NCc2ccccc2)c1. The quantitative estimate of drug-likeness (QED) is 0.479. The molecule has 3 aromatic rings. The second-order valence-electron chi connectivity index (χ2n) is 5.92.